The number of hydrogen-bond donors (Lipinski definition) is 1. The van der Waals surface area contributed by atoms with Gasteiger partial charge in [0.1, 0.15) is 17.3 Å². The maximum atomic E-state index is 13.3. The van der Waals surface area contributed by atoms with Gasteiger partial charge in [0, 0.05) is 12.6 Å². The zero-order chi connectivity index (χ0) is 21.3. The Morgan fingerprint density at radius 1 is 1.23 bits per heavy atom. The lowest BCUT2D eigenvalue weighted by Gasteiger charge is -2.57. The Balaban J connectivity index is 1.54. The molecule has 2 bridgehead atoms. The molecular weight excluding hydrogens is 380 g/mol. The molecule has 3 aliphatic rings. The van der Waals surface area contributed by atoms with Crippen LogP contribution in [-0.2, 0) is 6.54 Å². The maximum absolute atomic E-state index is 13.3. The van der Waals surface area contributed by atoms with Crippen LogP contribution < -0.4 is 14.8 Å². The van der Waals surface area contributed by atoms with Crippen LogP contribution in [0.4, 0.5) is 10.5 Å². The molecule has 0 aliphatic heterocycles. The molecule has 2 aromatic rings. The first-order chi connectivity index (χ1) is 14.4. The SMILES string of the molecule is COc1ccc(NC(=O)N(CC2=CCC3CC2C3(C)C)Cc2ccco2)c(OC)c1. The van der Waals surface area contributed by atoms with E-state index in [1.54, 1.807) is 38.7 Å². The Hall–Kier alpha value is -2.89. The van der Waals surface area contributed by atoms with Crippen molar-refractivity contribution in [1.29, 1.82) is 0 Å². The van der Waals surface area contributed by atoms with E-state index in [0.717, 1.165) is 18.1 Å². The monoisotopic (exact) mass is 410 g/mol. The number of benzene rings is 1. The topological polar surface area (TPSA) is 63.9 Å². The maximum Gasteiger partial charge on any atom is 0.322 e. The zero-order valence-corrected chi connectivity index (χ0v) is 18.1. The van der Waals surface area contributed by atoms with Crippen molar-refractivity contribution < 1.29 is 18.7 Å². The summed E-state index contributed by atoms with van der Waals surface area (Å²) in [7, 11) is 3.18. The molecule has 6 nitrogen and oxygen atoms in total. The predicted molar refractivity (Wildman–Crippen MR) is 116 cm³/mol. The number of rotatable bonds is 7. The van der Waals surface area contributed by atoms with Crippen LogP contribution in [0.5, 0.6) is 11.5 Å². The molecule has 2 amide bonds. The van der Waals surface area contributed by atoms with Crippen molar-refractivity contribution in [2.45, 2.75) is 33.2 Å². The highest BCUT2D eigenvalue weighted by atomic mass is 16.5. The Morgan fingerprint density at radius 3 is 2.70 bits per heavy atom. The third kappa shape index (κ3) is 3.78. The average Bonchev–Trinajstić information content (AvgIpc) is 3.26. The van der Waals surface area contributed by atoms with Gasteiger partial charge < -0.3 is 24.1 Å². The molecule has 6 heteroatoms. The molecule has 1 saturated carbocycles. The summed E-state index contributed by atoms with van der Waals surface area (Å²) in [6.45, 7) is 5.69. The van der Waals surface area contributed by atoms with Crippen molar-refractivity contribution in [1.82, 2.24) is 4.90 Å². The molecule has 1 aromatic heterocycles. The van der Waals surface area contributed by atoms with Gasteiger partial charge in [-0.25, -0.2) is 4.79 Å². The first kappa shape index (κ1) is 20.4. The molecule has 1 N–H and O–H groups in total. The van der Waals surface area contributed by atoms with Gasteiger partial charge in [-0.3, -0.25) is 0 Å². The first-order valence-electron chi connectivity index (χ1n) is 10.4. The van der Waals surface area contributed by atoms with Crippen molar-refractivity contribution in [3.63, 3.8) is 0 Å². The number of urea groups is 1. The van der Waals surface area contributed by atoms with E-state index in [2.05, 4.69) is 25.2 Å². The Labute approximate surface area is 177 Å². The summed E-state index contributed by atoms with van der Waals surface area (Å²) in [6.07, 6.45) is 6.29. The molecule has 2 atom stereocenters. The molecule has 2 unspecified atom stereocenters. The smallest absolute Gasteiger partial charge is 0.322 e. The van der Waals surface area contributed by atoms with E-state index < -0.39 is 0 Å². The van der Waals surface area contributed by atoms with Crippen LogP contribution in [-0.4, -0.2) is 31.7 Å². The number of fused-ring (bicyclic) bond motifs is 1. The predicted octanol–water partition coefficient (Wildman–Crippen LogP) is 5.32. The van der Waals surface area contributed by atoms with Crippen LogP contribution in [0.25, 0.3) is 0 Å². The third-order valence-corrected chi connectivity index (χ3v) is 6.82. The van der Waals surface area contributed by atoms with E-state index in [1.807, 2.05) is 17.0 Å². The van der Waals surface area contributed by atoms with Crippen molar-refractivity contribution in [2.24, 2.45) is 17.3 Å². The summed E-state index contributed by atoms with van der Waals surface area (Å²) in [5.41, 5.74) is 2.27. The van der Waals surface area contributed by atoms with Crippen molar-refractivity contribution in [2.75, 3.05) is 26.1 Å². The third-order valence-electron chi connectivity index (χ3n) is 6.82. The van der Waals surface area contributed by atoms with Gasteiger partial charge in [-0.05, 0) is 54.4 Å². The average molecular weight is 411 g/mol. The summed E-state index contributed by atoms with van der Waals surface area (Å²) < 4.78 is 16.2. The van der Waals surface area contributed by atoms with Crippen molar-refractivity contribution >= 4 is 11.7 Å². The van der Waals surface area contributed by atoms with E-state index >= 15 is 0 Å². The number of amides is 2. The quantitative estimate of drug-likeness (QED) is 0.627. The number of anilines is 1. The van der Waals surface area contributed by atoms with E-state index in [9.17, 15) is 4.79 Å². The summed E-state index contributed by atoms with van der Waals surface area (Å²) in [6, 6.07) is 8.91. The largest absolute Gasteiger partial charge is 0.497 e. The van der Waals surface area contributed by atoms with Crippen LogP contribution in [0.15, 0.2) is 52.7 Å². The van der Waals surface area contributed by atoms with Gasteiger partial charge in [-0.15, -0.1) is 0 Å². The summed E-state index contributed by atoms with van der Waals surface area (Å²) in [4.78, 5) is 15.1. The Bertz CT molecular complexity index is 933. The molecule has 0 saturated heterocycles. The number of carbonyl (C=O) groups is 1. The van der Waals surface area contributed by atoms with Crippen molar-refractivity contribution in [3.05, 3.63) is 54.0 Å². The molecule has 1 fully saturated rings. The number of allylic oxidation sites excluding steroid dienone is 1. The highest BCUT2D eigenvalue weighted by molar-refractivity contribution is 5.91. The van der Waals surface area contributed by atoms with Gasteiger partial charge in [-0.2, -0.15) is 0 Å². The molecule has 1 heterocycles. The minimum Gasteiger partial charge on any atom is -0.497 e. The minimum absolute atomic E-state index is 0.185. The van der Waals surface area contributed by atoms with Gasteiger partial charge in [0.15, 0.2) is 0 Å². The molecule has 1 aromatic carbocycles. The van der Waals surface area contributed by atoms with Gasteiger partial charge in [0.2, 0.25) is 0 Å². The van der Waals surface area contributed by atoms with E-state index in [1.165, 1.54) is 12.0 Å². The Kier molecular flexibility index (Phi) is 5.50. The van der Waals surface area contributed by atoms with E-state index in [-0.39, 0.29) is 6.03 Å². The number of hydrogen-bond acceptors (Lipinski definition) is 4. The minimum atomic E-state index is -0.185. The Morgan fingerprint density at radius 2 is 2.07 bits per heavy atom. The highest BCUT2D eigenvalue weighted by Gasteiger charge is 2.51. The standard InChI is InChI=1S/C24H30N2O4/c1-24(2)17-8-7-16(20(24)12-17)14-26(15-19-6-5-11-30-19)23(27)25-21-10-9-18(28-3)13-22(21)29-4/h5-7,9-11,13,17,20H,8,12,14-15H2,1-4H3,(H,25,27). The second kappa shape index (κ2) is 8.09. The number of methoxy groups -OCH3 is 2. The number of nitrogens with one attached hydrogen (secondary N) is 1. The number of nitrogens with zero attached hydrogens (tertiary/aromatic N) is 1. The molecule has 30 heavy (non-hydrogen) atoms. The van der Waals surface area contributed by atoms with E-state index in [0.29, 0.717) is 41.6 Å². The van der Waals surface area contributed by atoms with Crippen LogP contribution in [0.3, 0.4) is 0 Å². The molecule has 5 rings (SSSR count). The van der Waals surface area contributed by atoms with Gasteiger partial charge in [-0.1, -0.05) is 25.5 Å². The number of carbonyl (C=O) groups excluding carboxylic acids is 1. The number of furan rings is 1. The first-order valence-corrected chi connectivity index (χ1v) is 10.4. The molecule has 160 valence electrons. The van der Waals surface area contributed by atoms with Crippen LogP contribution in [0, 0.1) is 17.3 Å². The second-order valence-corrected chi connectivity index (χ2v) is 8.75. The summed E-state index contributed by atoms with van der Waals surface area (Å²) >= 11 is 0. The van der Waals surface area contributed by atoms with Crippen LogP contribution >= 0.6 is 0 Å². The van der Waals surface area contributed by atoms with E-state index in [4.69, 9.17) is 13.9 Å². The fourth-order valence-corrected chi connectivity index (χ4v) is 4.76. The fourth-order valence-electron chi connectivity index (χ4n) is 4.76. The van der Waals surface area contributed by atoms with Crippen molar-refractivity contribution in [3.8, 4) is 11.5 Å². The van der Waals surface area contributed by atoms with Gasteiger partial charge in [0.05, 0.1) is 32.7 Å². The zero-order valence-electron chi connectivity index (χ0n) is 18.1. The lowest BCUT2D eigenvalue weighted by atomic mass is 9.49. The second-order valence-electron chi connectivity index (χ2n) is 8.75. The molecule has 0 radical (unpaired) electrons. The lowest BCUT2D eigenvalue weighted by molar-refractivity contribution is -0.00975. The molecular formula is C24H30N2O4. The summed E-state index contributed by atoms with van der Waals surface area (Å²) in [5.74, 6) is 3.29. The summed E-state index contributed by atoms with van der Waals surface area (Å²) in [5, 5.41) is 3.00. The highest BCUT2D eigenvalue weighted by Crippen LogP contribution is 2.59. The van der Waals surface area contributed by atoms with Crippen LogP contribution in [0.2, 0.25) is 0 Å². The number of ether oxygens (including phenoxy) is 2. The van der Waals surface area contributed by atoms with Crippen LogP contribution in [0.1, 0.15) is 32.4 Å². The normalized spacial score (nSPS) is 21.3. The van der Waals surface area contributed by atoms with Gasteiger partial charge >= 0.3 is 6.03 Å². The molecule has 3 aliphatic carbocycles. The molecule has 0 spiro atoms. The lowest BCUT2D eigenvalue weighted by Crippen LogP contribution is -2.50. The van der Waals surface area contributed by atoms with Gasteiger partial charge in [0.25, 0.3) is 0 Å². The fraction of sp³-hybridized carbons (Fsp3) is 0.458.